The van der Waals surface area contributed by atoms with Crippen LogP contribution >= 0.6 is 11.8 Å². The van der Waals surface area contributed by atoms with Gasteiger partial charge in [-0.1, -0.05) is 6.92 Å². The number of aliphatic imine (C=N–C) groups is 1. The lowest BCUT2D eigenvalue weighted by Gasteiger charge is -2.27. The first kappa shape index (κ1) is 18.7. The molecule has 2 aliphatic rings. The normalized spacial score (nSPS) is 32.3. The number of carboxylic acids is 2. The number of aliphatic hydroxyl groups excluding tert-OH is 1. The Morgan fingerprint density at radius 2 is 2.12 bits per heavy atom. The molecule has 24 heavy (non-hydrogen) atoms. The maximum absolute atomic E-state index is 11.5. The van der Waals surface area contributed by atoms with Crippen molar-refractivity contribution < 1.29 is 29.7 Å². The van der Waals surface area contributed by atoms with E-state index in [4.69, 9.17) is 0 Å². The molecule has 0 radical (unpaired) electrons. The molecule has 0 bridgehead atoms. The second kappa shape index (κ2) is 7.49. The molecule has 9 nitrogen and oxygen atoms in total. The molecule has 2 rings (SSSR count). The second-order valence-corrected chi connectivity index (χ2v) is 7.52. The summed E-state index contributed by atoms with van der Waals surface area (Å²) in [6.07, 6.45) is -0.474. The lowest BCUT2D eigenvalue weighted by Crippen LogP contribution is -2.40. The van der Waals surface area contributed by atoms with Gasteiger partial charge in [0, 0.05) is 11.8 Å². The van der Waals surface area contributed by atoms with Gasteiger partial charge in [-0.3, -0.25) is 19.6 Å². The number of rotatable bonds is 7. The maximum atomic E-state index is 11.5. The lowest BCUT2D eigenvalue weighted by molar-refractivity contribution is -0.146. The average molecular weight is 359 g/mol. The molecular weight excluding hydrogens is 338 g/mol. The summed E-state index contributed by atoms with van der Waals surface area (Å²) in [5, 5.41) is 29.4. The van der Waals surface area contributed by atoms with E-state index in [1.807, 2.05) is 0 Å². The summed E-state index contributed by atoms with van der Waals surface area (Å²) in [5.74, 6) is -3.90. The number of carboxylic acid groups (broad SMARTS) is 2. The van der Waals surface area contributed by atoms with Crippen LogP contribution in [0, 0.1) is 11.8 Å². The quantitative estimate of drug-likeness (QED) is 0.427. The van der Waals surface area contributed by atoms with Crippen LogP contribution in [0.25, 0.3) is 0 Å². The molecule has 0 saturated carbocycles. The molecule has 1 amide bonds. The molecule has 1 saturated heterocycles. The molecule has 0 aliphatic carbocycles. The van der Waals surface area contributed by atoms with Gasteiger partial charge in [0.2, 0.25) is 6.41 Å². The van der Waals surface area contributed by atoms with Crippen LogP contribution in [0.1, 0.15) is 13.8 Å². The van der Waals surface area contributed by atoms with Crippen molar-refractivity contribution in [2.75, 3.05) is 13.1 Å². The van der Waals surface area contributed by atoms with Crippen LogP contribution in [0.2, 0.25) is 0 Å². The van der Waals surface area contributed by atoms with Gasteiger partial charge in [0.15, 0.2) is 0 Å². The first-order valence-corrected chi connectivity index (χ1v) is 8.53. The van der Waals surface area contributed by atoms with E-state index in [2.05, 4.69) is 10.4 Å². The van der Waals surface area contributed by atoms with E-state index < -0.39 is 35.3 Å². The first-order valence-electron chi connectivity index (χ1n) is 7.59. The molecule has 0 aromatic heterocycles. The third-order valence-electron chi connectivity index (χ3n) is 4.35. The zero-order chi connectivity index (χ0) is 18.0. The van der Waals surface area contributed by atoms with E-state index in [0.717, 1.165) is 0 Å². The standard InChI is InChI=1S/C14H21N3O6S/c1-6-10(9(7(2)19)13(20)21)16-11(14(22)23)12(6)24-8-3-15-17(4-8)5-18/h5-10,12,15,19H,3-4H2,1-2H3,(H,20,21)(H,22,23)/t6-,7-,8?,9+,10+,12?/m0/s1. The van der Waals surface area contributed by atoms with Crippen molar-refractivity contribution in [3.05, 3.63) is 0 Å². The molecule has 1 fully saturated rings. The summed E-state index contributed by atoms with van der Waals surface area (Å²) in [5.41, 5.74) is 2.81. The fourth-order valence-electron chi connectivity index (χ4n) is 3.14. The molecule has 4 N–H and O–H groups in total. The molecule has 0 spiro atoms. The maximum Gasteiger partial charge on any atom is 0.350 e. The Morgan fingerprint density at radius 3 is 2.58 bits per heavy atom. The van der Waals surface area contributed by atoms with Crippen LogP contribution in [-0.4, -0.2) is 80.1 Å². The van der Waals surface area contributed by atoms with Crippen molar-refractivity contribution >= 4 is 35.8 Å². The average Bonchev–Trinajstić information content (AvgIpc) is 3.06. The summed E-state index contributed by atoms with van der Waals surface area (Å²) in [6, 6.07) is -0.803. The number of carbonyl (C=O) groups excluding carboxylic acids is 1. The molecule has 10 heteroatoms. The second-order valence-electron chi connectivity index (χ2n) is 6.07. The van der Waals surface area contributed by atoms with Crippen molar-refractivity contribution in [2.45, 2.75) is 36.5 Å². The van der Waals surface area contributed by atoms with Crippen molar-refractivity contribution in [1.82, 2.24) is 10.4 Å². The van der Waals surface area contributed by atoms with Gasteiger partial charge in [-0.2, -0.15) is 0 Å². The Labute approximate surface area is 143 Å². The third kappa shape index (κ3) is 3.70. The zero-order valence-electron chi connectivity index (χ0n) is 13.3. The summed E-state index contributed by atoms with van der Waals surface area (Å²) in [6.45, 7) is 4.07. The van der Waals surface area contributed by atoms with Crippen molar-refractivity contribution in [1.29, 1.82) is 0 Å². The van der Waals surface area contributed by atoms with Gasteiger partial charge >= 0.3 is 11.9 Å². The highest BCUT2D eigenvalue weighted by Gasteiger charge is 2.47. The smallest absolute Gasteiger partial charge is 0.350 e. The zero-order valence-corrected chi connectivity index (χ0v) is 14.1. The SMILES string of the molecule is C[C@H](O)[C@@H](C(=O)O)[C@@H]1N=C(C(=O)O)C(SC2CNN(C=O)C2)[C@H]1C. The van der Waals surface area contributed by atoms with Gasteiger partial charge in [-0.05, 0) is 12.8 Å². The Hall–Kier alpha value is -1.65. The predicted molar refractivity (Wildman–Crippen MR) is 86.8 cm³/mol. The van der Waals surface area contributed by atoms with E-state index >= 15 is 0 Å². The number of carbonyl (C=O) groups is 3. The van der Waals surface area contributed by atoms with E-state index in [1.54, 1.807) is 6.92 Å². The van der Waals surface area contributed by atoms with E-state index in [9.17, 15) is 29.7 Å². The number of hydrazine groups is 1. The molecule has 134 valence electrons. The molecule has 6 atom stereocenters. The number of nitrogens with zero attached hydrogens (tertiary/aromatic N) is 2. The topological polar surface area (TPSA) is 140 Å². The van der Waals surface area contributed by atoms with Crippen LogP contribution in [0.3, 0.4) is 0 Å². The number of hydrogen-bond donors (Lipinski definition) is 4. The lowest BCUT2D eigenvalue weighted by atomic mass is 9.86. The van der Waals surface area contributed by atoms with E-state index in [1.165, 1.54) is 23.7 Å². The van der Waals surface area contributed by atoms with Crippen molar-refractivity contribution in [2.24, 2.45) is 16.8 Å². The summed E-state index contributed by atoms with van der Waals surface area (Å²) in [7, 11) is 0. The van der Waals surface area contributed by atoms with Crippen LogP contribution in [-0.2, 0) is 14.4 Å². The molecule has 0 aromatic carbocycles. The number of aliphatic carboxylic acids is 2. The Balaban J connectivity index is 2.19. The largest absolute Gasteiger partial charge is 0.481 e. The van der Waals surface area contributed by atoms with Crippen molar-refractivity contribution in [3.63, 3.8) is 0 Å². The fourth-order valence-corrected chi connectivity index (χ4v) is 4.67. The molecular formula is C14H21N3O6S. The van der Waals surface area contributed by atoms with Gasteiger partial charge in [-0.25, -0.2) is 10.2 Å². The highest BCUT2D eigenvalue weighted by molar-refractivity contribution is 8.01. The van der Waals surface area contributed by atoms with Gasteiger partial charge in [0.1, 0.15) is 11.6 Å². The monoisotopic (exact) mass is 359 g/mol. The molecule has 2 heterocycles. The minimum absolute atomic E-state index is 0.0132. The van der Waals surface area contributed by atoms with Crippen LogP contribution in [0.15, 0.2) is 4.99 Å². The number of nitrogens with one attached hydrogen (secondary N) is 1. The van der Waals surface area contributed by atoms with Gasteiger partial charge < -0.3 is 15.3 Å². The predicted octanol–water partition coefficient (Wildman–Crippen LogP) is -0.941. The molecule has 2 aliphatic heterocycles. The highest BCUT2D eigenvalue weighted by Crippen LogP contribution is 2.38. The minimum atomic E-state index is -1.20. The van der Waals surface area contributed by atoms with E-state index in [0.29, 0.717) is 19.5 Å². The first-order chi connectivity index (χ1) is 11.3. The fraction of sp³-hybridized carbons (Fsp3) is 0.714. The number of hydrogen-bond acceptors (Lipinski definition) is 7. The number of thioether (sulfide) groups is 1. The third-order valence-corrected chi connectivity index (χ3v) is 6.00. The Bertz CT molecular complexity index is 555. The number of amides is 1. The Kier molecular flexibility index (Phi) is 5.83. The summed E-state index contributed by atoms with van der Waals surface area (Å²) < 4.78 is 0. The summed E-state index contributed by atoms with van der Waals surface area (Å²) >= 11 is 1.37. The van der Waals surface area contributed by atoms with Crippen LogP contribution in [0.4, 0.5) is 0 Å². The van der Waals surface area contributed by atoms with Gasteiger partial charge in [0.25, 0.3) is 0 Å². The summed E-state index contributed by atoms with van der Waals surface area (Å²) in [4.78, 5) is 37.9. The Morgan fingerprint density at radius 1 is 1.46 bits per heavy atom. The molecule has 0 aromatic rings. The van der Waals surface area contributed by atoms with Gasteiger partial charge in [0.05, 0.1) is 23.9 Å². The van der Waals surface area contributed by atoms with Crippen molar-refractivity contribution in [3.8, 4) is 0 Å². The minimum Gasteiger partial charge on any atom is -0.481 e. The number of aliphatic hydroxyl groups is 1. The van der Waals surface area contributed by atoms with Crippen LogP contribution in [0.5, 0.6) is 0 Å². The molecule has 2 unspecified atom stereocenters. The van der Waals surface area contributed by atoms with E-state index in [-0.39, 0.29) is 16.9 Å². The van der Waals surface area contributed by atoms with Crippen LogP contribution < -0.4 is 5.43 Å². The highest BCUT2D eigenvalue weighted by atomic mass is 32.2. The van der Waals surface area contributed by atoms with Gasteiger partial charge in [-0.15, -0.1) is 11.8 Å².